The van der Waals surface area contributed by atoms with E-state index in [4.69, 9.17) is 0 Å². The van der Waals surface area contributed by atoms with Gasteiger partial charge in [-0.2, -0.15) is 0 Å². The van der Waals surface area contributed by atoms with Crippen LogP contribution in [-0.2, 0) is 0 Å². The van der Waals surface area contributed by atoms with Gasteiger partial charge in [-0.25, -0.2) is 0 Å². The first-order valence-corrected chi connectivity index (χ1v) is 8.80. The molecule has 0 spiro atoms. The highest BCUT2D eigenvalue weighted by atomic mass is 15.3. The molecule has 1 aliphatic carbocycles. The summed E-state index contributed by atoms with van der Waals surface area (Å²) in [5, 5.41) is 3.73. The van der Waals surface area contributed by atoms with E-state index in [0.717, 1.165) is 24.4 Å². The van der Waals surface area contributed by atoms with Gasteiger partial charge in [0.25, 0.3) is 0 Å². The maximum Gasteiger partial charge on any atom is 0.0113 e. The van der Waals surface area contributed by atoms with Crippen LogP contribution < -0.4 is 5.32 Å². The SMILES string of the molecule is CCNC1CCC(C)CC1CN1CCN(C(C)C)CC1. The smallest absolute Gasteiger partial charge is 0.0113 e. The molecule has 2 aliphatic rings. The van der Waals surface area contributed by atoms with E-state index in [1.54, 1.807) is 0 Å². The number of nitrogens with one attached hydrogen (secondary N) is 1. The van der Waals surface area contributed by atoms with Crippen molar-refractivity contribution >= 4 is 0 Å². The van der Waals surface area contributed by atoms with Crippen molar-refractivity contribution in [3.05, 3.63) is 0 Å². The molecule has 1 N–H and O–H groups in total. The molecule has 1 aliphatic heterocycles. The van der Waals surface area contributed by atoms with Gasteiger partial charge in [-0.15, -0.1) is 0 Å². The third kappa shape index (κ3) is 4.44. The molecule has 0 radical (unpaired) electrons. The molecule has 0 aromatic heterocycles. The van der Waals surface area contributed by atoms with Gasteiger partial charge in [-0.1, -0.05) is 13.8 Å². The Morgan fingerprint density at radius 3 is 2.40 bits per heavy atom. The number of hydrogen-bond acceptors (Lipinski definition) is 3. The molecule has 3 atom stereocenters. The lowest BCUT2D eigenvalue weighted by Crippen LogP contribution is -2.52. The Labute approximate surface area is 126 Å². The van der Waals surface area contributed by atoms with Crippen LogP contribution in [0.1, 0.15) is 47.0 Å². The minimum atomic E-state index is 0.710. The van der Waals surface area contributed by atoms with Gasteiger partial charge in [0.2, 0.25) is 0 Å². The van der Waals surface area contributed by atoms with Gasteiger partial charge in [0.1, 0.15) is 0 Å². The predicted octanol–water partition coefficient (Wildman–Crippen LogP) is 2.43. The molecule has 0 aromatic rings. The highest BCUT2D eigenvalue weighted by Crippen LogP contribution is 2.30. The molecule has 2 fully saturated rings. The summed E-state index contributed by atoms with van der Waals surface area (Å²) in [6.45, 7) is 16.8. The highest BCUT2D eigenvalue weighted by molar-refractivity contribution is 4.86. The monoisotopic (exact) mass is 281 g/mol. The number of nitrogens with zero attached hydrogens (tertiary/aromatic N) is 2. The molecule has 0 aromatic carbocycles. The van der Waals surface area contributed by atoms with Gasteiger partial charge in [0, 0.05) is 44.8 Å². The minimum Gasteiger partial charge on any atom is -0.314 e. The molecule has 3 unspecified atom stereocenters. The van der Waals surface area contributed by atoms with Crippen molar-refractivity contribution in [1.82, 2.24) is 15.1 Å². The van der Waals surface area contributed by atoms with Gasteiger partial charge < -0.3 is 10.2 Å². The zero-order valence-corrected chi connectivity index (χ0v) is 14.1. The molecule has 1 saturated carbocycles. The Hall–Kier alpha value is -0.120. The lowest BCUT2D eigenvalue weighted by atomic mass is 9.78. The van der Waals surface area contributed by atoms with Crippen molar-refractivity contribution in [3.63, 3.8) is 0 Å². The van der Waals surface area contributed by atoms with Crippen LogP contribution in [0.5, 0.6) is 0 Å². The van der Waals surface area contributed by atoms with Crippen molar-refractivity contribution in [2.45, 2.75) is 59.0 Å². The Bertz CT molecular complexity index is 271. The van der Waals surface area contributed by atoms with Crippen LogP contribution in [-0.4, -0.2) is 61.2 Å². The third-order valence-electron chi connectivity index (χ3n) is 5.34. The molecule has 3 heteroatoms. The average Bonchev–Trinajstić information content (AvgIpc) is 2.42. The van der Waals surface area contributed by atoms with Crippen LogP contribution in [0, 0.1) is 11.8 Å². The van der Waals surface area contributed by atoms with Gasteiger partial charge in [-0.05, 0) is 51.5 Å². The van der Waals surface area contributed by atoms with E-state index in [2.05, 4.69) is 42.8 Å². The van der Waals surface area contributed by atoms with E-state index < -0.39 is 0 Å². The van der Waals surface area contributed by atoms with Gasteiger partial charge in [0.05, 0.1) is 0 Å². The van der Waals surface area contributed by atoms with Crippen molar-refractivity contribution in [2.75, 3.05) is 39.3 Å². The topological polar surface area (TPSA) is 18.5 Å². The van der Waals surface area contributed by atoms with Crippen molar-refractivity contribution in [3.8, 4) is 0 Å². The summed E-state index contributed by atoms with van der Waals surface area (Å²) in [7, 11) is 0. The van der Waals surface area contributed by atoms with E-state index in [1.807, 2.05) is 0 Å². The largest absolute Gasteiger partial charge is 0.314 e. The standard InChI is InChI=1S/C17H35N3/c1-5-18-17-7-6-15(4)12-16(17)13-19-8-10-20(11-9-19)14(2)3/h14-18H,5-13H2,1-4H3. The molecule has 1 heterocycles. The molecule has 0 amide bonds. The predicted molar refractivity (Wildman–Crippen MR) is 87.1 cm³/mol. The Morgan fingerprint density at radius 1 is 1.10 bits per heavy atom. The minimum absolute atomic E-state index is 0.710. The Balaban J connectivity index is 1.81. The average molecular weight is 281 g/mol. The quantitative estimate of drug-likeness (QED) is 0.835. The van der Waals surface area contributed by atoms with Crippen molar-refractivity contribution < 1.29 is 0 Å². The summed E-state index contributed by atoms with van der Waals surface area (Å²) in [5.74, 6) is 1.79. The molecule has 118 valence electrons. The summed E-state index contributed by atoms with van der Waals surface area (Å²) < 4.78 is 0. The summed E-state index contributed by atoms with van der Waals surface area (Å²) in [5.41, 5.74) is 0. The molecule has 1 saturated heterocycles. The van der Waals surface area contributed by atoms with E-state index in [9.17, 15) is 0 Å². The van der Waals surface area contributed by atoms with Gasteiger partial charge >= 0.3 is 0 Å². The second-order valence-electron chi connectivity index (χ2n) is 7.27. The Morgan fingerprint density at radius 2 is 1.80 bits per heavy atom. The summed E-state index contributed by atoms with van der Waals surface area (Å²) in [6, 6.07) is 1.47. The number of piperazine rings is 1. The second kappa shape index (κ2) is 7.77. The zero-order chi connectivity index (χ0) is 14.5. The second-order valence-corrected chi connectivity index (χ2v) is 7.27. The fraction of sp³-hybridized carbons (Fsp3) is 1.00. The van der Waals surface area contributed by atoms with E-state index in [1.165, 1.54) is 52.0 Å². The highest BCUT2D eigenvalue weighted by Gasteiger charge is 2.30. The normalized spacial score (nSPS) is 33.8. The van der Waals surface area contributed by atoms with Crippen LogP contribution in [0.2, 0.25) is 0 Å². The summed E-state index contributed by atoms with van der Waals surface area (Å²) in [6.07, 6.45) is 4.21. The molecule has 0 bridgehead atoms. The fourth-order valence-corrected chi connectivity index (χ4v) is 4.03. The lowest BCUT2D eigenvalue weighted by Gasteiger charge is -2.42. The molecule has 20 heavy (non-hydrogen) atoms. The van der Waals surface area contributed by atoms with E-state index in [0.29, 0.717) is 6.04 Å². The molecule has 3 nitrogen and oxygen atoms in total. The third-order valence-corrected chi connectivity index (χ3v) is 5.34. The maximum atomic E-state index is 3.73. The summed E-state index contributed by atoms with van der Waals surface area (Å²) >= 11 is 0. The first-order chi connectivity index (χ1) is 9.60. The number of hydrogen-bond donors (Lipinski definition) is 1. The zero-order valence-electron chi connectivity index (χ0n) is 14.1. The van der Waals surface area contributed by atoms with E-state index >= 15 is 0 Å². The van der Waals surface area contributed by atoms with Crippen LogP contribution in [0.15, 0.2) is 0 Å². The van der Waals surface area contributed by atoms with Crippen LogP contribution in [0.3, 0.4) is 0 Å². The van der Waals surface area contributed by atoms with Crippen LogP contribution >= 0.6 is 0 Å². The Kier molecular flexibility index (Phi) is 6.31. The van der Waals surface area contributed by atoms with Crippen molar-refractivity contribution in [1.29, 1.82) is 0 Å². The van der Waals surface area contributed by atoms with Gasteiger partial charge in [-0.3, -0.25) is 4.90 Å². The number of rotatable bonds is 5. The fourth-order valence-electron chi connectivity index (χ4n) is 4.03. The van der Waals surface area contributed by atoms with Crippen molar-refractivity contribution in [2.24, 2.45) is 11.8 Å². The maximum absolute atomic E-state index is 3.73. The van der Waals surface area contributed by atoms with Crippen LogP contribution in [0.25, 0.3) is 0 Å². The first kappa shape index (κ1) is 16.3. The molecular formula is C17H35N3. The molecule has 2 rings (SSSR count). The van der Waals surface area contributed by atoms with E-state index in [-0.39, 0.29) is 0 Å². The lowest BCUT2D eigenvalue weighted by molar-refractivity contribution is 0.0773. The summed E-state index contributed by atoms with van der Waals surface area (Å²) in [4.78, 5) is 5.33. The van der Waals surface area contributed by atoms with Gasteiger partial charge in [0.15, 0.2) is 0 Å². The first-order valence-electron chi connectivity index (χ1n) is 8.80. The molecular weight excluding hydrogens is 246 g/mol. The van der Waals surface area contributed by atoms with Crippen LogP contribution in [0.4, 0.5) is 0 Å².